The maximum Gasteiger partial charge on any atom is 0.328 e. The number of hydrogen-bond acceptors (Lipinski definition) is 4. The van der Waals surface area contributed by atoms with Gasteiger partial charge in [0, 0.05) is 37.6 Å². The number of nitrogens with zero attached hydrogens (tertiary/aromatic N) is 2. The highest BCUT2D eigenvalue weighted by molar-refractivity contribution is 5.83. The Morgan fingerprint density at radius 3 is 2.25 bits per heavy atom. The second-order valence-corrected chi connectivity index (χ2v) is 10.6. The Balaban J connectivity index is 1.66. The average Bonchev–Trinajstić information content (AvgIpc) is 2.73. The van der Waals surface area contributed by atoms with E-state index in [4.69, 9.17) is 4.74 Å². The van der Waals surface area contributed by atoms with Crippen LogP contribution in [-0.4, -0.2) is 61.1 Å². The molecule has 2 saturated heterocycles. The molecule has 0 aromatic heterocycles. The van der Waals surface area contributed by atoms with E-state index in [0.717, 1.165) is 39.0 Å². The molecule has 2 aliphatic rings. The monoisotopic (exact) mass is 443 g/mol. The number of hydrogen-bond donors (Lipinski definition) is 1. The minimum absolute atomic E-state index is 0.152. The van der Waals surface area contributed by atoms with Crippen molar-refractivity contribution in [1.29, 1.82) is 0 Å². The normalized spacial score (nSPS) is 21.5. The van der Waals surface area contributed by atoms with E-state index in [-0.39, 0.29) is 17.4 Å². The number of piperidine rings is 1. The quantitative estimate of drug-likeness (QED) is 0.635. The molecule has 1 spiro atoms. The van der Waals surface area contributed by atoms with Gasteiger partial charge in [-0.1, -0.05) is 57.5 Å². The van der Waals surface area contributed by atoms with E-state index in [9.17, 15) is 9.59 Å². The minimum atomic E-state index is -0.589. The largest absolute Gasteiger partial charge is 0.467 e. The summed E-state index contributed by atoms with van der Waals surface area (Å²) in [6.45, 7) is 14.4. The third-order valence-electron chi connectivity index (χ3n) is 6.99. The summed E-state index contributed by atoms with van der Waals surface area (Å²) in [7, 11) is 1.37. The number of amides is 2. The first-order chi connectivity index (χ1) is 15.1. The molecule has 0 bridgehead atoms. The number of ether oxygens (including phenoxy) is 1. The van der Waals surface area contributed by atoms with Gasteiger partial charge in [-0.3, -0.25) is 4.90 Å². The molecule has 2 amide bonds. The molecule has 0 aliphatic carbocycles. The van der Waals surface area contributed by atoms with Crippen molar-refractivity contribution in [2.75, 3.05) is 33.3 Å². The van der Waals surface area contributed by atoms with Gasteiger partial charge in [-0.2, -0.15) is 0 Å². The summed E-state index contributed by atoms with van der Waals surface area (Å²) in [4.78, 5) is 29.5. The van der Waals surface area contributed by atoms with E-state index in [1.54, 1.807) is 0 Å². The van der Waals surface area contributed by atoms with Gasteiger partial charge in [-0.05, 0) is 43.6 Å². The number of esters is 1. The average molecular weight is 444 g/mol. The number of methoxy groups -OCH3 is 1. The highest BCUT2D eigenvalue weighted by Crippen LogP contribution is 2.55. The molecule has 1 aromatic carbocycles. The fourth-order valence-electron chi connectivity index (χ4n) is 5.46. The van der Waals surface area contributed by atoms with Crippen LogP contribution in [0.2, 0.25) is 0 Å². The van der Waals surface area contributed by atoms with Crippen LogP contribution in [0.3, 0.4) is 0 Å². The van der Waals surface area contributed by atoms with E-state index in [1.807, 2.05) is 18.7 Å². The van der Waals surface area contributed by atoms with Gasteiger partial charge < -0.3 is 15.0 Å². The van der Waals surface area contributed by atoms with Crippen LogP contribution in [0, 0.1) is 24.2 Å². The van der Waals surface area contributed by atoms with Crippen molar-refractivity contribution in [3.05, 3.63) is 35.4 Å². The topological polar surface area (TPSA) is 61.9 Å². The van der Waals surface area contributed by atoms with Crippen LogP contribution < -0.4 is 5.32 Å². The summed E-state index contributed by atoms with van der Waals surface area (Å²) in [6, 6.07) is 8.65. The molecule has 3 rings (SSSR count). The van der Waals surface area contributed by atoms with Gasteiger partial charge in [0.25, 0.3) is 0 Å². The third kappa shape index (κ3) is 5.45. The lowest BCUT2D eigenvalue weighted by molar-refractivity contribution is -0.143. The van der Waals surface area contributed by atoms with Gasteiger partial charge in [0.1, 0.15) is 6.04 Å². The molecular formula is C26H41N3O3. The van der Waals surface area contributed by atoms with Gasteiger partial charge in [0.15, 0.2) is 0 Å². The fourth-order valence-corrected chi connectivity index (χ4v) is 5.46. The molecule has 32 heavy (non-hydrogen) atoms. The zero-order valence-corrected chi connectivity index (χ0v) is 20.7. The van der Waals surface area contributed by atoms with Gasteiger partial charge in [-0.15, -0.1) is 0 Å². The first kappa shape index (κ1) is 24.6. The van der Waals surface area contributed by atoms with Crippen LogP contribution in [-0.2, 0) is 9.53 Å². The standard InChI is InChI=1S/C26H41N3O3/c1-18(2)15-22(24(30)32-6)27-25(31)28-13-11-26(12-14-28)17-29(16-19(3)4)23(26)21-9-7-20(5)8-10-21/h7-10,18-19,22-23H,11-17H2,1-6H3,(H,27,31). The molecule has 6 heteroatoms. The van der Waals surface area contributed by atoms with Crippen LogP contribution in [0.15, 0.2) is 24.3 Å². The van der Waals surface area contributed by atoms with Crippen molar-refractivity contribution in [1.82, 2.24) is 15.1 Å². The lowest BCUT2D eigenvalue weighted by atomic mass is 9.63. The summed E-state index contributed by atoms with van der Waals surface area (Å²) >= 11 is 0. The Bertz CT molecular complexity index is 782. The smallest absolute Gasteiger partial charge is 0.328 e. The third-order valence-corrected chi connectivity index (χ3v) is 6.99. The Morgan fingerprint density at radius 1 is 1.09 bits per heavy atom. The van der Waals surface area contributed by atoms with Gasteiger partial charge in [0.2, 0.25) is 0 Å². The summed E-state index contributed by atoms with van der Waals surface area (Å²) in [6.07, 6.45) is 2.55. The molecule has 2 heterocycles. The lowest BCUT2D eigenvalue weighted by Gasteiger charge is -2.61. The Morgan fingerprint density at radius 2 is 1.72 bits per heavy atom. The van der Waals surface area contributed by atoms with Crippen LogP contribution in [0.5, 0.6) is 0 Å². The summed E-state index contributed by atoms with van der Waals surface area (Å²) in [5.74, 6) is 0.548. The fraction of sp³-hybridized carbons (Fsp3) is 0.692. The highest BCUT2D eigenvalue weighted by atomic mass is 16.5. The summed E-state index contributed by atoms with van der Waals surface area (Å²) in [5.41, 5.74) is 2.90. The molecule has 178 valence electrons. The minimum Gasteiger partial charge on any atom is -0.467 e. The van der Waals surface area contributed by atoms with Gasteiger partial charge >= 0.3 is 12.0 Å². The number of carbonyl (C=O) groups is 2. The number of aryl methyl sites for hydroxylation is 1. The van der Waals surface area contributed by atoms with Crippen molar-refractivity contribution in [2.24, 2.45) is 17.3 Å². The maximum absolute atomic E-state index is 12.9. The highest BCUT2D eigenvalue weighted by Gasteiger charge is 2.54. The number of rotatable bonds is 7. The molecule has 2 unspecified atom stereocenters. The molecule has 1 aromatic rings. The van der Waals surface area contributed by atoms with E-state index >= 15 is 0 Å². The van der Waals surface area contributed by atoms with Crippen molar-refractivity contribution in [2.45, 2.75) is 66.0 Å². The number of urea groups is 1. The van der Waals surface area contributed by atoms with Gasteiger partial charge in [0.05, 0.1) is 7.11 Å². The van der Waals surface area contributed by atoms with Crippen molar-refractivity contribution < 1.29 is 14.3 Å². The van der Waals surface area contributed by atoms with Gasteiger partial charge in [-0.25, -0.2) is 9.59 Å². The Kier molecular flexibility index (Phi) is 7.86. The van der Waals surface area contributed by atoms with Crippen LogP contribution >= 0.6 is 0 Å². The van der Waals surface area contributed by atoms with E-state index in [2.05, 4.69) is 55.3 Å². The van der Waals surface area contributed by atoms with Crippen LogP contribution in [0.4, 0.5) is 4.79 Å². The molecule has 6 nitrogen and oxygen atoms in total. The molecular weight excluding hydrogens is 402 g/mol. The first-order valence-corrected chi connectivity index (χ1v) is 12.1. The van der Waals surface area contributed by atoms with Crippen molar-refractivity contribution >= 4 is 12.0 Å². The molecule has 2 fully saturated rings. The predicted octanol–water partition coefficient (Wildman–Crippen LogP) is 4.39. The molecule has 0 saturated carbocycles. The SMILES string of the molecule is COC(=O)C(CC(C)C)NC(=O)N1CCC2(CC1)CN(CC(C)C)C2c1ccc(C)cc1. The van der Waals surface area contributed by atoms with Crippen LogP contribution in [0.25, 0.3) is 0 Å². The Labute approximate surface area is 193 Å². The second kappa shape index (κ2) is 10.2. The number of benzene rings is 1. The molecule has 1 N–H and O–H groups in total. The summed E-state index contributed by atoms with van der Waals surface area (Å²) in [5, 5.41) is 2.92. The zero-order valence-electron chi connectivity index (χ0n) is 20.7. The lowest BCUT2D eigenvalue weighted by Crippen LogP contribution is -2.63. The summed E-state index contributed by atoms with van der Waals surface area (Å²) < 4.78 is 4.90. The van der Waals surface area contributed by atoms with Crippen molar-refractivity contribution in [3.63, 3.8) is 0 Å². The predicted molar refractivity (Wildman–Crippen MR) is 127 cm³/mol. The molecule has 0 radical (unpaired) electrons. The Hall–Kier alpha value is -2.08. The first-order valence-electron chi connectivity index (χ1n) is 12.1. The van der Waals surface area contributed by atoms with E-state index in [0.29, 0.717) is 24.3 Å². The second-order valence-electron chi connectivity index (χ2n) is 10.6. The number of carbonyl (C=O) groups excluding carboxylic acids is 2. The molecule has 2 aliphatic heterocycles. The maximum atomic E-state index is 12.9. The zero-order chi connectivity index (χ0) is 23.5. The molecule has 2 atom stereocenters. The van der Waals surface area contributed by atoms with E-state index in [1.165, 1.54) is 18.2 Å². The number of nitrogens with one attached hydrogen (secondary N) is 1. The van der Waals surface area contributed by atoms with Crippen molar-refractivity contribution in [3.8, 4) is 0 Å². The van der Waals surface area contributed by atoms with E-state index < -0.39 is 6.04 Å². The number of likely N-dealkylation sites (tertiary alicyclic amines) is 2. The van der Waals surface area contributed by atoms with Crippen LogP contribution in [0.1, 0.15) is 64.1 Å².